The van der Waals surface area contributed by atoms with E-state index in [0.29, 0.717) is 27.8 Å². The van der Waals surface area contributed by atoms with Crippen molar-refractivity contribution >= 4 is 46.4 Å². The van der Waals surface area contributed by atoms with Gasteiger partial charge in [-0.05, 0) is 66.6 Å². The molecule has 192 valence electrons. The summed E-state index contributed by atoms with van der Waals surface area (Å²) in [5.41, 5.74) is 8.06. The Kier molecular flexibility index (Phi) is 8.25. The van der Waals surface area contributed by atoms with E-state index in [-0.39, 0.29) is 31.4 Å². The minimum absolute atomic E-state index is 0.0171. The molecule has 1 aliphatic heterocycles. The zero-order valence-corrected chi connectivity index (χ0v) is 20.8. The van der Waals surface area contributed by atoms with Crippen LogP contribution in [0.4, 0.5) is 21.5 Å². The number of ether oxygens (including phenoxy) is 1. The van der Waals surface area contributed by atoms with Gasteiger partial charge in [-0.3, -0.25) is 25.2 Å². The summed E-state index contributed by atoms with van der Waals surface area (Å²) in [5, 5.41) is 3.16. The Labute approximate surface area is 218 Å². The minimum atomic E-state index is -0.613. The molecule has 0 unspecified atom stereocenters. The van der Waals surface area contributed by atoms with Gasteiger partial charge in [-0.1, -0.05) is 30.7 Å². The van der Waals surface area contributed by atoms with E-state index < -0.39 is 17.6 Å². The number of nitrogens with zero attached hydrogens (tertiary/aromatic N) is 1. The molecule has 0 saturated carbocycles. The van der Waals surface area contributed by atoms with Crippen LogP contribution in [0.15, 0.2) is 66.7 Å². The van der Waals surface area contributed by atoms with Crippen molar-refractivity contribution in [2.75, 3.05) is 28.8 Å². The molecule has 4 rings (SSSR count). The number of benzene rings is 3. The lowest BCUT2D eigenvalue weighted by Crippen LogP contribution is -2.36. The first-order valence-corrected chi connectivity index (χ1v) is 12.1. The summed E-state index contributed by atoms with van der Waals surface area (Å²) < 4.78 is 18.9. The lowest BCUT2D eigenvalue weighted by atomic mass is 10.1. The average molecular weight is 525 g/mol. The van der Waals surface area contributed by atoms with Crippen molar-refractivity contribution in [2.45, 2.75) is 19.8 Å². The zero-order chi connectivity index (χ0) is 26.4. The van der Waals surface area contributed by atoms with E-state index in [0.717, 1.165) is 6.42 Å². The number of amides is 3. The van der Waals surface area contributed by atoms with Crippen molar-refractivity contribution in [1.82, 2.24) is 5.43 Å². The first-order valence-electron chi connectivity index (χ1n) is 11.8. The summed E-state index contributed by atoms with van der Waals surface area (Å²) in [6.07, 6.45) is 0.924. The van der Waals surface area contributed by atoms with E-state index in [2.05, 4.69) is 23.1 Å². The number of anilines is 3. The van der Waals surface area contributed by atoms with Crippen molar-refractivity contribution in [3.63, 3.8) is 0 Å². The van der Waals surface area contributed by atoms with Crippen molar-refractivity contribution < 1.29 is 23.5 Å². The number of hydrogen-bond donors (Lipinski definition) is 3. The zero-order valence-electron chi connectivity index (χ0n) is 20.1. The summed E-state index contributed by atoms with van der Waals surface area (Å²) in [4.78, 5) is 39.0. The van der Waals surface area contributed by atoms with Crippen LogP contribution in [0.2, 0.25) is 5.02 Å². The van der Waals surface area contributed by atoms with Crippen LogP contribution in [0.1, 0.15) is 18.9 Å². The van der Waals surface area contributed by atoms with Gasteiger partial charge in [-0.15, -0.1) is 0 Å². The number of rotatable bonds is 9. The van der Waals surface area contributed by atoms with Crippen LogP contribution in [-0.4, -0.2) is 30.9 Å². The van der Waals surface area contributed by atoms with Crippen LogP contribution in [0.3, 0.4) is 0 Å². The number of carbonyl (C=O) groups excluding carboxylic acids is 3. The van der Waals surface area contributed by atoms with Gasteiger partial charge in [0.25, 0.3) is 5.91 Å². The summed E-state index contributed by atoms with van der Waals surface area (Å²) in [5.74, 6) is -1.70. The van der Waals surface area contributed by atoms with E-state index in [1.165, 1.54) is 34.7 Å². The second-order valence-corrected chi connectivity index (χ2v) is 8.96. The molecule has 0 aromatic heterocycles. The van der Waals surface area contributed by atoms with Crippen molar-refractivity contribution in [2.24, 2.45) is 5.92 Å². The van der Waals surface area contributed by atoms with Gasteiger partial charge < -0.3 is 15.0 Å². The van der Waals surface area contributed by atoms with E-state index in [9.17, 15) is 18.8 Å². The number of halogens is 2. The van der Waals surface area contributed by atoms with Crippen LogP contribution in [0.25, 0.3) is 0 Å². The van der Waals surface area contributed by atoms with Crippen LogP contribution < -0.4 is 25.8 Å². The van der Waals surface area contributed by atoms with Gasteiger partial charge in [0.15, 0.2) is 6.61 Å². The summed E-state index contributed by atoms with van der Waals surface area (Å²) in [6.45, 7) is 1.96. The van der Waals surface area contributed by atoms with Gasteiger partial charge in [0, 0.05) is 29.4 Å². The predicted octanol–water partition coefficient (Wildman–Crippen LogP) is 4.56. The van der Waals surface area contributed by atoms with Gasteiger partial charge in [0.2, 0.25) is 11.8 Å². The van der Waals surface area contributed by atoms with E-state index >= 15 is 0 Å². The summed E-state index contributed by atoms with van der Waals surface area (Å²) in [7, 11) is 0. The molecule has 1 fully saturated rings. The smallest absolute Gasteiger partial charge is 0.262 e. The Morgan fingerprint density at radius 3 is 2.51 bits per heavy atom. The Hall–Kier alpha value is -4.11. The molecular formula is C27H26ClFN4O4. The third-order valence-corrected chi connectivity index (χ3v) is 6.14. The number of carbonyl (C=O) groups is 3. The quantitative estimate of drug-likeness (QED) is 0.356. The first-order chi connectivity index (χ1) is 17.8. The Morgan fingerprint density at radius 2 is 1.81 bits per heavy atom. The molecular weight excluding hydrogens is 499 g/mol. The highest BCUT2D eigenvalue weighted by molar-refractivity contribution is 6.31. The maximum atomic E-state index is 13.2. The molecule has 10 heteroatoms. The predicted molar refractivity (Wildman–Crippen MR) is 140 cm³/mol. The molecule has 8 nitrogen and oxygen atoms in total. The number of hydrogen-bond acceptors (Lipinski definition) is 5. The number of hydrazine groups is 1. The molecule has 37 heavy (non-hydrogen) atoms. The standard InChI is InChI=1S/C27H26ClFN4O4/c1-2-17-3-8-21(9-4-17)30-25(34)16-37-24-12-5-19(28)14-23(24)31-32-27(36)18-13-26(35)33(15-18)22-10-6-20(29)7-11-22/h3-12,14,18,31H,2,13,15-16H2,1H3,(H,30,34)(H,32,36)/t18-/m1/s1. The molecule has 1 heterocycles. The molecule has 0 aliphatic carbocycles. The average Bonchev–Trinajstić information content (AvgIpc) is 3.29. The number of nitrogens with one attached hydrogen (secondary N) is 3. The van der Waals surface area contributed by atoms with Gasteiger partial charge in [0.1, 0.15) is 11.6 Å². The molecule has 0 radical (unpaired) electrons. The maximum Gasteiger partial charge on any atom is 0.262 e. The fourth-order valence-electron chi connectivity index (χ4n) is 3.87. The highest BCUT2D eigenvalue weighted by Crippen LogP contribution is 2.29. The third kappa shape index (κ3) is 6.77. The summed E-state index contributed by atoms with van der Waals surface area (Å²) >= 11 is 6.11. The van der Waals surface area contributed by atoms with E-state index in [1.807, 2.05) is 24.3 Å². The van der Waals surface area contributed by atoms with Crippen molar-refractivity contribution in [1.29, 1.82) is 0 Å². The second kappa shape index (κ2) is 11.7. The SMILES string of the molecule is CCc1ccc(NC(=O)COc2ccc(Cl)cc2NNC(=O)[C@@H]2CC(=O)N(c3ccc(F)cc3)C2)cc1. The number of aryl methyl sites for hydroxylation is 1. The van der Waals surface area contributed by atoms with Crippen molar-refractivity contribution in [3.05, 3.63) is 83.1 Å². The minimum Gasteiger partial charge on any atom is -0.482 e. The lowest BCUT2D eigenvalue weighted by Gasteiger charge is -2.18. The molecule has 3 aromatic rings. The molecule has 1 saturated heterocycles. The van der Waals surface area contributed by atoms with Crippen molar-refractivity contribution in [3.8, 4) is 5.75 Å². The molecule has 3 N–H and O–H groups in total. The van der Waals surface area contributed by atoms with E-state index in [1.54, 1.807) is 18.2 Å². The third-order valence-electron chi connectivity index (χ3n) is 5.90. The molecule has 0 bridgehead atoms. The second-order valence-electron chi connectivity index (χ2n) is 8.52. The Balaban J connectivity index is 1.32. The van der Waals surface area contributed by atoms with Gasteiger partial charge in [-0.2, -0.15) is 0 Å². The van der Waals surface area contributed by atoms with Crippen LogP contribution in [-0.2, 0) is 20.8 Å². The van der Waals surface area contributed by atoms with Gasteiger partial charge in [0.05, 0.1) is 11.6 Å². The summed E-state index contributed by atoms with van der Waals surface area (Å²) in [6, 6.07) is 17.8. The fraction of sp³-hybridized carbons (Fsp3) is 0.222. The van der Waals surface area contributed by atoms with Crippen LogP contribution in [0, 0.1) is 11.7 Å². The van der Waals surface area contributed by atoms with Crippen LogP contribution >= 0.6 is 11.6 Å². The fourth-order valence-corrected chi connectivity index (χ4v) is 4.05. The molecule has 3 amide bonds. The van der Waals surface area contributed by atoms with E-state index in [4.69, 9.17) is 16.3 Å². The topological polar surface area (TPSA) is 99.8 Å². The lowest BCUT2D eigenvalue weighted by molar-refractivity contribution is -0.125. The molecule has 1 atom stereocenters. The highest BCUT2D eigenvalue weighted by Gasteiger charge is 2.35. The van der Waals surface area contributed by atoms with Gasteiger partial charge >= 0.3 is 0 Å². The largest absolute Gasteiger partial charge is 0.482 e. The maximum absolute atomic E-state index is 13.2. The monoisotopic (exact) mass is 524 g/mol. The Bertz CT molecular complexity index is 1280. The molecule has 1 aliphatic rings. The molecule has 3 aromatic carbocycles. The highest BCUT2D eigenvalue weighted by atomic mass is 35.5. The molecule has 0 spiro atoms. The van der Waals surface area contributed by atoms with Crippen LogP contribution in [0.5, 0.6) is 5.75 Å². The first kappa shape index (κ1) is 26.0. The Morgan fingerprint density at radius 1 is 1.08 bits per heavy atom. The van der Waals surface area contributed by atoms with Gasteiger partial charge in [-0.25, -0.2) is 4.39 Å². The normalized spacial score (nSPS) is 14.8.